The Balaban J connectivity index is 1.58. The highest BCUT2D eigenvalue weighted by atomic mass is 127. The van der Waals surface area contributed by atoms with E-state index in [0.29, 0.717) is 22.8 Å². The summed E-state index contributed by atoms with van der Waals surface area (Å²) in [6.07, 6.45) is 1.54. The number of ether oxygens (including phenoxy) is 1. The molecule has 0 unspecified atom stereocenters. The van der Waals surface area contributed by atoms with E-state index >= 15 is 0 Å². The molecule has 0 radical (unpaired) electrons. The van der Waals surface area contributed by atoms with Crippen LogP contribution in [0.1, 0.15) is 16.1 Å². The lowest BCUT2D eigenvalue weighted by atomic mass is 10.1. The van der Waals surface area contributed by atoms with Gasteiger partial charge < -0.3 is 19.8 Å². The van der Waals surface area contributed by atoms with Gasteiger partial charge in [0.25, 0.3) is 11.8 Å². The molecule has 0 fully saturated rings. The molecule has 2 N–H and O–H groups in total. The van der Waals surface area contributed by atoms with E-state index in [9.17, 15) is 9.59 Å². The van der Waals surface area contributed by atoms with E-state index in [1.54, 1.807) is 54.8 Å². The van der Waals surface area contributed by atoms with Crippen molar-refractivity contribution in [3.63, 3.8) is 0 Å². The smallest absolute Gasteiger partial charge is 0.262 e. The Morgan fingerprint density at radius 2 is 1.78 bits per heavy atom. The van der Waals surface area contributed by atoms with Gasteiger partial charge in [-0.3, -0.25) is 9.59 Å². The van der Waals surface area contributed by atoms with Crippen molar-refractivity contribution in [1.82, 2.24) is 5.32 Å². The Labute approximate surface area is 170 Å². The minimum absolute atomic E-state index is 0.150. The summed E-state index contributed by atoms with van der Waals surface area (Å²) in [5.41, 5.74) is 0.789. The fraction of sp³-hybridized carbons (Fsp3) is 0.100. The zero-order valence-electron chi connectivity index (χ0n) is 14.3. The molecular weight excluding hydrogens is 459 g/mol. The number of benzene rings is 2. The number of hydrogen-bond acceptors (Lipinski definition) is 4. The van der Waals surface area contributed by atoms with Gasteiger partial charge in [-0.2, -0.15) is 0 Å². The number of halogens is 1. The maximum Gasteiger partial charge on any atom is 0.262 e. The fourth-order valence-electron chi connectivity index (χ4n) is 2.33. The molecule has 3 rings (SSSR count). The van der Waals surface area contributed by atoms with Gasteiger partial charge in [-0.25, -0.2) is 0 Å². The third-order valence-corrected chi connectivity index (χ3v) is 4.35. The molecule has 1 heterocycles. The third-order valence-electron chi connectivity index (χ3n) is 3.63. The number of para-hydroxylation sites is 1. The van der Waals surface area contributed by atoms with E-state index in [0.717, 1.165) is 3.57 Å². The van der Waals surface area contributed by atoms with Gasteiger partial charge in [-0.15, -0.1) is 0 Å². The molecule has 2 aromatic carbocycles. The van der Waals surface area contributed by atoms with Gasteiger partial charge >= 0.3 is 0 Å². The number of nitrogens with one attached hydrogen (secondary N) is 2. The van der Waals surface area contributed by atoms with Crippen LogP contribution in [0, 0.1) is 3.57 Å². The van der Waals surface area contributed by atoms with Gasteiger partial charge in [-0.1, -0.05) is 12.1 Å². The largest absolute Gasteiger partial charge is 0.484 e. The van der Waals surface area contributed by atoms with Gasteiger partial charge in [0, 0.05) is 3.57 Å². The highest BCUT2D eigenvalue weighted by molar-refractivity contribution is 14.1. The standard InChI is InChI=1S/C20H17IN2O4/c21-14-7-9-15(10-8-14)27-13-19(24)23-18-6-2-1-5-17(18)20(25)22-12-16-4-3-11-26-16/h1-11H,12-13H2,(H,22,25)(H,23,24). The molecule has 0 atom stereocenters. The Morgan fingerprint density at radius 1 is 1.00 bits per heavy atom. The number of carbonyl (C=O) groups excluding carboxylic acids is 2. The van der Waals surface area contributed by atoms with Gasteiger partial charge in [0.05, 0.1) is 24.1 Å². The van der Waals surface area contributed by atoms with Crippen molar-refractivity contribution in [2.45, 2.75) is 6.54 Å². The lowest BCUT2D eigenvalue weighted by Gasteiger charge is -2.11. The number of anilines is 1. The molecule has 0 aliphatic rings. The molecule has 0 bridgehead atoms. The van der Waals surface area contributed by atoms with Crippen molar-refractivity contribution in [3.8, 4) is 5.75 Å². The molecule has 3 aromatic rings. The number of hydrogen-bond donors (Lipinski definition) is 2. The van der Waals surface area contributed by atoms with Crippen LogP contribution in [0.4, 0.5) is 5.69 Å². The van der Waals surface area contributed by atoms with Crippen molar-refractivity contribution >= 4 is 40.1 Å². The van der Waals surface area contributed by atoms with Crippen molar-refractivity contribution in [3.05, 3.63) is 81.8 Å². The molecule has 138 valence electrons. The summed E-state index contributed by atoms with van der Waals surface area (Å²) in [6, 6.07) is 17.7. The molecule has 0 spiro atoms. The summed E-state index contributed by atoms with van der Waals surface area (Å²) in [6.45, 7) is 0.118. The first-order valence-corrected chi connectivity index (χ1v) is 9.27. The second kappa shape index (κ2) is 9.22. The van der Waals surface area contributed by atoms with Gasteiger partial charge in [-0.05, 0) is 71.1 Å². The average Bonchev–Trinajstić information content (AvgIpc) is 3.20. The number of rotatable bonds is 7. The number of carbonyl (C=O) groups is 2. The van der Waals surface area contributed by atoms with Gasteiger partial charge in [0.15, 0.2) is 6.61 Å². The van der Waals surface area contributed by atoms with Crippen LogP contribution in [0.25, 0.3) is 0 Å². The lowest BCUT2D eigenvalue weighted by molar-refractivity contribution is -0.118. The van der Waals surface area contributed by atoms with Crippen LogP contribution in [0.3, 0.4) is 0 Å². The Morgan fingerprint density at radius 3 is 2.52 bits per heavy atom. The Bertz CT molecular complexity index is 908. The van der Waals surface area contributed by atoms with Crippen LogP contribution in [-0.4, -0.2) is 18.4 Å². The van der Waals surface area contributed by atoms with E-state index in [2.05, 4.69) is 33.2 Å². The zero-order chi connectivity index (χ0) is 19.1. The minimum atomic E-state index is -0.347. The van der Waals surface area contributed by atoms with E-state index in [-0.39, 0.29) is 25.0 Å². The molecule has 0 saturated heterocycles. The summed E-state index contributed by atoms with van der Waals surface area (Å²) < 4.78 is 11.7. The fourth-order valence-corrected chi connectivity index (χ4v) is 2.69. The van der Waals surface area contributed by atoms with Gasteiger partial charge in [0.2, 0.25) is 0 Å². The highest BCUT2D eigenvalue weighted by Crippen LogP contribution is 2.16. The van der Waals surface area contributed by atoms with Crippen LogP contribution >= 0.6 is 22.6 Å². The normalized spacial score (nSPS) is 10.3. The molecule has 0 aliphatic heterocycles. The first-order chi connectivity index (χ1) is 13.1. The van der Waals surface area contributed by atoms with Crippen molar-refractivity contribution < 1.29 is 18.7 Å². The van der Waals surface area contributed by atoms with Crippen molar-refractivity contribution in [2.75, 3.05) is 11.9 Å². The number of amides is 2. The van der Waals surface area contributed by atoms with E-state index in [4.69, 9.17) is 9.15 Å². The molecule has 1 aromatic heterocycles. The lowest BCUT2D eigenvalue weighted by Crippen LogP contribution is -2.26. The van der Waals surface area contributed by atoms with Crippen molar-refractivity contribution in [1.29, 1.82) is 0 Å². The molecule has 6 nitrogen and oxygen atoms in total. The van der Waals surface area contributed by atoms with Crippen LogP contribution < -0.4 is 15.4 Å². The van der Waals surface area contributed by atoms with Crippen LogP contribution in [0.2, 0.25) is 0 Å². The maximum absolute atomic E-state index is 12.4. The zero-order valence-corrected chi connectivity index (χ0v) is 16.4. The minimum Gasteiger partial charge on any atom is -0.484 e. The Hall–Kier alpha value is -2.81. The summed E-state index contributed by atoms with van der Waals surface area (Å²) in [5, 5.41) is 5.48. The Kier molecular flexibility index (Phi) is 6.48. The van der Waals surface area contributed by atoms with Gasteiger partial charge in [0.1, 0.15) is 11.5 Å². The molecule has 0 saturated carbocycles. The van der Waals surface area contributed by atoms with E-state index in [1.807, 2.05) is 12.1 Å². The summed E-state index contributed by atoms with van der Waals surface area (Å²) >= 11 is 2.19. The van der Waals surface area contributed by atoms with Crippen LogP contribution in [0.15, 0.2) is 71.3 Å². The summed E-state index contributed by atoms with van der Waals surface area (Å²) in [4.78, 5) is 24.6. The highest BCUT2D eigenvalue weighted by Gasteiger charge is 2.13. The molecule has 2 amide bonds. The summed E-state index contributed by atoms with van der Waals surface area (Å²) in [7, 11) is 0. The summed E-state index contributed by atoms with van der Waals surface area (Å²) in [5.74, 6) is 0.603. The maximum atomic E-state index is 12.4. The monoisotopic (exact) mass is 476 g/mol. The first-order valence-electron chi connectivity index (χ1n) is 8.19. The predicted molar refractivity (Wildman–Crippen MR) is 110 cm³/mol. The SMILES string of the molecule is O=C(COc1ccc(I)cc1)Nc1ccccc1C(=O)NCc1ccco1. The molecular formula is C20H17IN2O4. The van der Waals surface area contributed by atoms with Crippen LogP contribution in [-0.2, 0) is 11.3 Å². The van der Waals surface area contributed by atoms with E-state index in [1.165, 1.54) is 0 Å². The molecule has 27 heavy (non-hydrogen) atoms. The quantitative estimate of drug-likeness (QED) is 0.508. The topological polar surface area (TPSA) is 80.6 Å². The molecule has 7 heteroatoms. The first kappa shape index (κ1) is 19.0. The molecule has 0 aliphatic carbocycles. The van der Waals surface area contributed by atoms with Crippen molar-refractivity contribution in [2.24, 2.45) is 0 Å². The predicted octanol–water partition coefficient (Wildman–Crippen LogP) is 3.83. The second-order valence-electron chi connectivity index (χ2n) is 5.60. The third kappa shape index (κ3) is 5.58. The van der Waals surface area contributed by atoms with E-state index < -0.39 is 0 Å². The average molecular weight is 476 g/mol. The number of furan rings is 1. The van der Waals surface area contributed by atoms with Crippen LogP contribution in [0.5, 0.6) is 5.75 Å². The second-order valence-corrected chi connectivity index (χ2v) is 6.84.